The molecule has 0 saturated carbocycles. The van der Waals surface area contributed by atoms with E-state index in [9.17, 15) is 9.59 Å². The molecule has 5 nitrogen and oxygen atoms in total. The number of fused-ring (bicyclic) bond motifs is 1. The fraction of sp³-hybridized carbons (Fsp3) is 0.385. The van der Waals surface area contributed by atoms with Crippen molar-refractivity contribution in [3.05, 3.63) is 24.3 Å². The Morgan fingerprint density at radius 1 is 1.33 bits per heavy atom. The highest BCUT2D eigenvalue weighted by Crippen LogP contribution is 2.29. The van der Waals surface area contributed by atoms with Gasteiger partial charge in [0.25, 0.3) is 17.9 Å². The lowest BCUT2D eigenvalue weighted by atomic mass is 10.2. The van der Waals surface area contributed by atoms with Gasteiger partial charge in [-0.05, 0) is 26.0 Å². The van der Waals surface area contributed by atoms with Gasteiger partial charge in [0.2, 0.25) is 0 Å². The normalized spacial score (nSPS) is 17.4. The maximum atomic E-state index is 12.1. The Hall–Kier alpha value is -2.04. The molecule has 0 aromatic heterocycles. The second-order valence-corrected chi connectivity index (χ2v) is 3.99. The third-order valence-electron chi connectivity index (χ3n) is 2.93. The number of carbonyl (C=O) groups is 2. The standard InChI is InChI=1S/C13H16N2O3/c1-3-15(4-2)13(17)11-12(16)14-9-7-5-6-8-10(9)18-11/h5-8,11H,3-4H2,1-2H3,(H,14,16). The molecule has 1 aromatic rings. The van der Waals surface area contributed by atoms with Crippen molar-refractivity contribution < 1.29 is 14.3 Å². The molecule has 1 heterocycles. The predicted octanol–water partition coefficient (Wildman–Crippen LogP) is 1.25. The average Bonchev–Trinajstić information content (AvgIpc) is 2.39. The van der Waals surface area contributed by atoms with Crippen molar-refractivity contribution in [1.29, 1.82) is 0 Å². The third-order valence-corrected chi connectivity index (χ3v) is 2.93. The van der Waals surface area contributed by atoms with Gasteiger partial charge < -0.3 is 15.0 Å². The topological polar surface area (TPSA) is 58.6 Å². The molecule has 0 bridgehead atoms. The number of nitrogens with zero attached hydrogens (tertiary/aromatic N) is 1. The number of likely N-dealkylation sites (N-methyl/N-ethyl adjacent to an activating group) is 1. The van der Waals surface area contributed by atoms with Crippen LogP contribution in [0.5, 0.6) is 5.75 Å². The van der Waals surface area contributed by atoms with E-state index in [-0.39, 0.29) is 5.91 Å². The summed E-state index contributed by atoms with van der Waals surface area (Å²) in [6.45, 7) is 4.86. The summed E-state index contributed by atoms with van der Waals surface area (Å²) in [6.07, 6.45) is -1.08. The van der Waals surface area contributed by atoms with Crippen molar-refractivity contribution in [2.45, 2.75) is 20.0 Å². The van der Waals surface area contributed by atoms with Gasteiger partial charge in [0.05, 0.1) is 5.69 Å². The maximum Gasteiger partial charge on any atom is 0.275 e. The summed E-state index contributed by atoms with van der Waals surface area (Å²) in [7, 11) is 0. The van der Waals surface area contributed by atoms with Crippen LogP contribution in [0.1, 0.15) is 13.8 Å². The van der Waals surface area contributed by atoms with Crippen LogP contribution in [0.3, 0.4) is 0 Å². The number of para-hydroxylation sites is 2. The molecule has 1 atom stereocenters. The first-order valence-electron chi connectivity index (χ1n) is 6.02. The molecule has 5 heteroatoms. The van der Waals surface area contributed by atoms with E-state index in [0.29, 0.717) is 24.5 Å². The minimum Gasteiger partial charge on any atom is -0.468 e. The minimum absolute atomic E-state index is 0.299. The number of carbonyl (C=O) groups excluding carboxylic acids is 2. The van der Waals surface area contributed by atoms with Crippen LogP contribution in [-0.4, -0.2) is 35.9 Å². The van der Waals surface area contributed by atoms with Gasteiger partial charge in [0.1, 0.15) is 5.75 Å². The summed E-state index contributed by atoms with van der Waals surface area (Å²) in [6, 6.07) is 7.08. The number of anilines is 1. The fourth-order valence-electron chi connectivity index (χ4n) is 1.92. The SMILES string of the molecule is CCN(CC)C(=O)C1Oc2ccccc2NC1=O. The van der Waals surface area contributed by atoms with E-state index in [1.54, 1.807) is 29.2 Å². The van der Waals surface area contributed by atoms with E-state index in [4.69, 9.17) is 4.74 Å². The highest BCUT2D eigenvalue weighted by atomic mass is 16.5. The Morgan fingerprint density at radius 2 is 2.00 bits per heavy atom. The molecule has 2 amide bonds. The molecule has 0 spiro atoms. The van der Waals surface area contributed by atoms with E-state index >= 15 is 0 Å². The molecule has 1 aromatic carbocycles. The molecule has 2 rings (SSSR count). The fourth-order valence-corrected chi connectivity index (χ4v) is 1.92. The lowest BCUT2D eigenvalue weighted by Gasteiger charge is -2.28. The van der Waals surface area contributed by atoms with E-state index in [2.05, 4.69) is 5.32 Å². The summed E-state index contributed by atoms with van der Waals surface area (Å²) in [5, 5.41) is 2.68. The highest BCUT2D eigenvalue weighted by molar-refractivity contribution is 6.11. The van der Waals surface area contributed by atoms with Crippen molar-refractivity contribution in [2.24, 2.45) is 0 Å². The number of ether oxygens (including phenoxy) is 1. The van der Waals surface area contributed by atoms with Crippen LogP contribution in [0.4, 0.5) is 5.69 Å². The van der Waals surface area contributed by atoms with Crippen LogP contribution in [0.25, 0.3) is 0 Å². The van der Waals surface area contributed by atoms with Gasteiger partial charge >= 0.3 is 0 Å². The molecule has 18 heavy (non-hydrogen) atoms. The molecule has 0 saturated heterocycles. The second kappa shape index (κ2) is 5.08. The second-order valence-electron chi connectivity index (χ2n) is 3.99. The van der Waals surface area contributed by atoms with Gasteiger partial charge in [0.15, 0.2) is 0 Å². The van der Waals surface area contributed by atoms with Crippen molar-refractivity contribution in [2.75, 3.05) is 18.4 Å². The van der Waals surface area contributed by atoms with Crippen molar-refractivity contribution in [3.63, 3.8) is 0 Å². The smallest absolute Gasteiger partial charge is 0.275 e. The number of hydrogen-bond donors (Lipinski definition) is 1. The Morgan fingerprint density at radius 3 is 2.67 bits per heavy atom. The van der Waals surface area contributed by atoms with Gasteiger partial charge in [-0.2, -0.15) is 0 Å². The van der Waals surface area contributed by atoms with Crippen molar-refractivity contribution in [1.82, 2.24) is 4.90 Å². The first-order chi connectivity index (χ1) is 8.67. The zero-order valence-corrected chi connectivity index (χ0v) is 10.5. The Balaban J connectivity index is 2.22. The van der Waals surface area contributed by atoms with Crippen LogP contribution >= 0.6 is 0 Å². The molecular formula is C13H16N2O3. The van der Waals surface area contributed by atoms with E-state index < -0.39 is 12.0 Å². The van der Waals surface area contributed by atoms with E-state index in [0.717, 1.165) is 0 Å². The molecular weight excluding hydrogens is 232 g/mol. The van der Waals surface area contributed by atoms with E-state index in [1.165, 1.54) is 0 Å². The summed E-state index contributed by atoms with van der Waals surface area (Å²) in [5.41, 5.74) is 0.603. The van der Waals surface area contributed by atoms with Gasteiger partial charge in [-0.15, -0.1) is 0 Å². The highest BCUT2D eigenvalue weighted by Gasteiger charge is 2.35. The summed E-state index contributed by atoms with van der Waals surface area (Å²) in [5.74, 6) is -0.180. The molecule has 1 unspecified atom stereocenters. The maximum absolute atomic E-state index is 12.1. The van der Waals surface area contributed by atoms with E-state index in [1.807, 2.05) is 13.8 Å². The molecule has 0 fully saturated rings. The predicted molar refractivity (Wildman–Crippen MR) is 67.4 cm³/mol. The Kier molecular flexibility index (Phi) is 3.50. The summed E-state index contributed by atoms with van der Waals surface area (Å²) >= 11 is 0. The third kappa shape index (κ3) is 2.16. The molecule has 1 aliphatic heterocycles. The van der Waals surface area contributed by atoms with Crippen molar-refractivity contribution >= 4 is 17.5 Å². The van der Waals surface area contributed by atoms with Crippen LogP contribution in [0.15, 0.2) is 24.3 Å². The van der Waals surface area contributed by atoms with Gasteiger partial charge in [0, 0.05) is 13.1 Å². The molecule has 0 aliphatic carbocycles. The van der Waals surface area contributed by atoms with Crippen LogP contribution in [0.2, 0.25) is 0 Å². The number of nitrogens with one attached hydrogen (secondary N) is 1. The zero-order chi connectivity index (χ0) is 13.1. The van der Waals surface area contributed by atoms with Crippen LogP contribution < -0.4 is 10.1 Å². The number of benzene rings is 1. The number of amides is 2. The minimum atomic E-state index is -1.08. The van der Waals surface area contributed by atoms with Crippen LogP contribution in [-0.2, 0) is 9.59 Å². The number of rotatable bonds is 3. The summed E-state index contributed by atoms with van der Waals surface area (Å²) < 4.78 is 5.49. The zero-order valence-electron chi connectivity index (χ0n) is 10.5. The largest absolute Gasteiger partial charge is 0.468 e. The van der Waals surface area contributed by atoms with Gasteiger partial charge in [-0.1, -0.05) is 12.1 Å². The molecule has 0 radical (unpaired) electrons. The molecule has 96 valence electrons. The first kappa shape index (κ1) is 12.4. The molecule has 1 N–H and O–H groups in total. The lowest BCUT2D eigenvalue weighted by molar-refractivity contribution is -0.144. The summed E-state index contributed by atoms with van der Waals surface area (Å²) in [4.78, 5) is 25.6. The van der Waals surface area contributed by atoms with Crippen LogP contribution in [0, 0.1) is 0 Å². The first-order valence-corrected chi connectivity index (χ1v) is 6.02. The lowest BCUT2D eigenvalue weighted by Crippen LogP contribution is -2.50. The Bertz CT molecular complexity index is 469. The molecule has 1 aliphatic rings. The Labute approximate surface area is 106 Å². The monoisotopic (exact) mass is 248 g/mol. The van der Waals surface area contributed by atoms with Gasteiger partial charge in [-0.25, -0.2) is 0 Å². The van der Waals surface area contributed by atoms with Gasteiger partial charge in [-0.3, -0.25) is 9.59 Å². The average molecular weight is 248 g/mol. The van der Waals surface area contributed by atoms with Crippen molar-refractivity contribution in [3.8, 4) is 5.75 Å². The quantitative estimate of drug-likeness (QED) is 0.819. The number of hydrogen-bond acceptors (Lipinski definition) is 3.